The second-order valence-electron chi connectivity index (χ2n) is 7.52. The zero-order valence-electron chi connectivity index (χ0n) is 17.1. The van der Waals surface area contributed by atoms with E-state index in [1.54, 1.807) is 16.9 Å². The largest absolute Gasteiger partial charge is 0.507 e. The molecule has 1 aromatic carbocycles. The van der Waals surface area contributed by atoms with Gasteiger partial charge in [-0.15, -0.1) is 0 Å². The molecule has 0 aliphatic carbocycles. The second kappa shape index (κ2) is 7.74. The lowest BCUT2D eigenvalue weighted by Crippen LogP contribution is -2.45. The lowest BCUT2D eigenvalue weighted by atomic mass is 10.1. The van der Waals surface area contributed by atoms with Gasteiger partial charge >= 0.3 is 0 Å². The van der Waals surface area contributed by atoms with Gasteiger partial charge in [0, 0.05) is 31.3 Å². The molecule has 156 valence electrons. The first-order chi connectivity index (χ1) is 14.3. The van der Waals surface area contributed by atoms with E-state index >= 15 is 0 Å². The molecule has 2 N–H and O–H groups in total. The Balaban J connectivity index is 1.46. The summed E-state index contributed by atoms with van der Waals surface area (Å²) < 4.78 is 14.8. The van der Waals surface area contributed by atoms with E-state index in [1.165, 1.54) is 6.07 Å². The first-order valence-corrected chi connectivity index (χ1v) is 9.71. The fourth-order valence-corrected chi connectivity index (χ4v) is 3.44. The number of halogens is 1. The lowest BCUT2D eigenvalue weighted by molar-refractivity contribution is -0.117. The number of aromatic hydroxyl groups is 1. The standard InChI is InChI=1S/C21H23FN6O2/c1-12-19-20(27(3)13(2)21(30)26-19)25-18(24-12)7-4-14-9-23-28(10-14)11-15-5-6-16(22)8-17(15)29/h5-6,8-10,13,29H,4,7,11H2,1-3H3,(H,26,30)/t13-/m0/s1. The van der Waals surface area contributed by atoms with E-state index in [1.807, 2.05) is 32.0 Å². The molecule has 1 aliphatic rings. The Morgan fingerprint density at radius 3 is 2.83 bits per heavy atom. The molecule has 0 unspecified atom stereocenters. The molecule has 4 rings (SSSR count). The van der Waals surface area contributed by atoms with Crippen LogP contribution >= 0.6 is 0 Å². The van der Waals surface area contributed by atoms with Crippen molar-refractivity contribution in [2.75, 3.05) is 17.3 Å². The molecule has 1 amide bonds. The molecular weight excluding hydrogens is 387 g/mol. The summed E-state index contributed by atoms with van der Waals surface area (Å²) in [5.41, 5.74) is 3.00. The van der Waals surface area contributed by atoms with Crippen molar-refractivity contribution in [1.82, 2.24) is 19.7 Å². The van der Waals surface area contributed by atoms with E-state index in [0.717, 1.165) is 23.1 Å². The maximum absolute atomic E-state index is 13.1. The number of amides is 1. The average molecular weight is 410 g/mol. The van der Waals surface area contributed by atoms with Gasteiger partial charge in [0.2, 0.25) is 5.91 Å². The Kier molecular flexibility index (Phi) is 5.11. The molecule has 9 heteroatoms. The van der Waals surface area contributed by atoms with Gasteiger partial charge in [-0.3, -0.25) is 9.48 Å². The fraction of sp³-hybridized carbons (Fsp3) is 0.333. The number of rotatable bonds is 5. The maximum atomic E-state index is 13.1. The van der Waals surface area contributed by atoms with Gasteiger partial charge in [-0.05, 0) is 31.9 Å². The summed E-state index contributed by atoms with van der Waals surface area (Å²) in [6.45, 7) is 4.05. The van der Waals surface area contributed by atoms with Gasteiger partial charge in [0.25, 0.3) is 0 Å². The molecule has 0 saturated heterocycles. The zero-order chi connectivity index (χ0) is 21.4. The number of anilines is 2. The second-order valence-corrected chi connectivity index (χ2v) is 7.52. The van der Waals surface area contributed by atoms with E-state index < -0.39 is 5.82 Å². The van der Waals surface area contributed by atoms with Crippen molar-refractivity contribution in [2.45, 2.75) is 39.3 Å². The van der Waals surface area contributed by atoms with E-state index in [-0.39, 0.29) is 17.7 Å². The lowest BCUT2D eigenvalue weighted by Gasteiger charge is -2.32. The van der Waals surface area contributed by atoms with Crippen LogP contribution in [0.3, 0.4) is 0 Å². The number of hydrogen-bond acceptors (Lipinski definition) is 6. The van der Waals surface area contributed by atoms with Gasteiger partial charge in [-0.25, -0.2) is 14.4 Å². The summed E-state index contributed by atoms with van der Waals surface area (Å²) in [5, 5.41) is 17.1. The molecule has 1 aliphatic heterocycles. The van der Waals surface area contributed by atoms with Crippen molar-refractivity contribution in [1.29, 1.82) is 0 Å². The third kappa shape index (κ3) is 3.83. The van der Waals surface area contributed by atoms with Crippen molar-refractivity contribution in [3.8, 4) is 5.75 Å². The van der Waals surface area contributed by atoms with Gasteiger partial charge in [0.15, 0.2) is 5.82 Å². The van der Waals surface area contributed by atoms with Crippen molar-refractivity contribution >= 4 is 17.4 Å². The van der Waals surface area contributed by atoms with Crippen LogP contribution in [0.15, 0.2) is 30.6 Å². The minimum Gasteiger partial charge on any atom is -0.507 e. The van der Waals surface area contributed by atoms with Gasteiger partial charge in [0.05, 0.1) is 18.4 Å². The molecule has 3 aromatic rings. The van der Waals surface area contributed by atoms with E-state index in [9.17, 15) is 14.3 Å². The summed E-state index contributed by atoms with van der Waals surface area (Å²) >= 11 is 0. The summed E-state index contributed by atoms with van der Waals surface area (Å²) in [6, 6.07) is 3.66. The first kappa shape index (κ1) is 19.8. The average Bonchev–Trinajstić information content (AvgIpc) is 3.15. The van der Waals surface area contributed by atoms with Crippen LogP contribution in [-0.2, 0) is 24.2 Å². The number of phenols is 1. The minimum absolute atomic E-state index is 0.0657. The number of fused-ring (bicyclic) bond motifs is 1. The van der Waals surface area contributed by atoms with Crippen LogP contribution < -0.4 is 10.2 Å². The quantitative estimate of drug-likeness (QED) is 0.671. The van der Waals surface area contributed by atoms with Crippen LogP contribution in [0.2, 0.25) is 0 Å². The third-order valence-corrected chi connectivity index (χ3v) is 5.36. The Labute approximate surface area is 173 Å². The highest BCUT2D eigenvalue weighted by molar-refractivity contribution is 6.02. The number of likely N-dealkylation sites (N-methyl/N-ethyl adjacent to an activating group) is 1. The Hall–Kier alpha value is -3.49. The van der Waals surface area contributed by atoms with E-state index in [0.29, 0.717) is 36.5 Å². The Morgan fingerprint density at radius 2 is 2.07 bits per heavy atom. The molecule has 0 radical (unpaired) electrons. The zero-order valence-corrected chi connectivity index (χ0v) is 17.1. The van der Waals surface area contributed by atoms with Gasteiger partial charge in [0.1, 0.15) is 29.1 Å². The molecule has 30 heavy (non-hydrogen) atoms. The van der Waals surface area contributed by atoms with Crippen molar-refractivity contribution in [3.05, 3.63) is 59.1 Å². The minimum atomic E-state index is -0.475. The highest BCUT2D eigenvalue weighted by atomic mass is 19.1. The number of nitrogens with one attached hydrogen (secondary N) is 1. The number of phenolic OH excluding ortho intramolecular Hbond substituents is 1. The van der Waals surface area contributed by atoms with Crippen molar-refractivity contribution in [2.24, 2.45) is 0 Å². The van der Waals surface area contributed by atoms with Crippen LogP contribution in [0.25, 0.3) is 0 Å². The molecule has 1 atom stereocenters. The highest BCUT2D eigenvalue weighted by Crippen LogP contribution is 2.31. The van der Waals surface area contributed by atoms with E-state index in [2.05, 4.69) is 20.4 Å². The Bertz CT molecular complexity index is 1110. The topological polar surface area (TPSA) is 96.2 Å². The van der Waals surface area contributed by atoms with Crippen LogP contribution in [-0.4, -0.2) is 43.9 Å². The molecule has 2 aromatic heterocycles. The predicted octanol–water partition coefficient (Wildman–Crippen LogP) is 2.44. The molecular formula is C21H23FN6O2. The number of nitrogens with zero attached hydrogens (tertiary/aromatic N) is 5. The molecule has 3 heterocycles. The van der Waals surface area contributed by atoms with Crippen molar-refractivity contribution < 1.29 is 14.3 Å². The first-order valence-electron chi connectivity index (χ1n) is 9.71. The summed E-state index contributed by atoms with van der Waals surface area (Å²) in [7, 11) is 1.85. The number of aryl methyl sites for hydroxylation is 3. The Morgan fingerprint density at radius 1 is 1.27 bits per heavy atom. The number of benzene rings is 1. The van der Waals surface area contributed by atoms with Crippen LogP contribution in [0.4, 0.5) is 15.9 Å². The summed E-state index contributed by atoms with van der Waals surface area (Å²) in [6.07, 6.45) is 4.97. The van der Waals surface area contributed by atoms with Crippen LogP contribution in [0.1, 0.15) is 29.6 Å². The summed E-state index contributed by atoms with van der Waals surface area (Å²) in [5.74, 6) is 0.800. The van der Waals surface area contributed by atoms with Gasteiger partial charge in [-0.1, -0.05) is 6.07 Å². The summed E-state index contributed by atoms with van der Waals surface area (Å²) in [4.78, 5) is 23.1. The van der Waals surface area contributed by atoms with Crippen LogP contribution in [0.5, 0.6) is 5.75 Å². The molecule has 0 spiro atoms. The van der Waals surface area contributed by atoms with E-state index in [4.69, 9.17) is 0 Å². The fourth-order valence-electron chi connectivity index (χ4n) is 3.44. The number of aromatic nitrogens is 4. The van der Waals surface area contributed by atoms with Crippen molar-refractivity contribution in [3.63, 3.8) is 0 Å². The number of carbonyl (C=O) groups excluding carboxylic acids is 1. The third-order valence-electron chi connectivity index (χ3n) is 5.36. The molecule has 0 fully saturated rings. The maximum Gasteiger partial charge on any atom is 0.246 e. The smallest absolute Gasteiger partial charge is 0.246 e. The molecule has 8 nitrogen and oxygen atoms in total. The van der Waals surface area contributed by atoms with Crippen LogP contribution in [0, 0.1) is 12.7 Å². The van der Waals surface area contributed by atoms with Gasteiger partial charge in [-0.2, -0.15) is 5.10 Å². The molecule has 0 bridgehead atoms. The number of hydrogen-bond donors (Lipinski definition) is 2. The monoisotopic (exact) mass is 410 g/mol. The SMILES string of the molecule is Cc1nc(CCc2cnn(Cc3ccc(F)cc3O)c2)nc2c1NC(=O)[C@H](C)N2C. The number of carbonyl (C=O) groups is 1. The highest BCUT2D eigenvalue weighted by Gasteiger charge is 2.30. The normalized spacial score (nSPS) is 15.8. The predicted molar refractivity (Wildman–Crippen MR) is 110 cm³/mol. The van der Waals surface area contributed by atoms with Gasteiger partial charge < -0.3 is 15.3 Å². The molecule has 0 saturated carbocycles.